The molecule has 1 saturated heterocycles. The van der Waals surface area contributed by atoms with Crippen molar-refractivity contribution in [2.24, 2.45) is 0 Å². The Morgan fingerprint density at radius 1 is 1.15 bits per heavy atom. The fourth-order valence-electron chi connectivity index (χ4n) is 2.34. The number of rotatable bonds is 1. The Bertz CT molecular complexity index is 509. The van der Waals surface area contributed by atoms with E-state index in [9.17, 15) is 9.59 Å². The maximum Gasteiger partial charge on any atom is 0.313 e. The first-order valence-electron chi connectivity index (χ1n) is 6.95. The third-order valence-corrected chi connectivity index (χ3v) is 4.01. The Kier molecular flexibility index (Phi) is 5.01. The number of carbonyl (C=O) groups excluding carboxylic acids is 2. The average Bonchev–Trinajstić information content (AvgIpc) is 2.72. The lowest BCUT2D eigenvalue weighted by Gasteiger charge is -2.19. The zero-order valence-electron chi connectivity index (χ0n) is 11.6. The van der Waals surface area contributed by atoms with E-state index in [0.717, 1.165) is 31.2 Å². The van der Waals surface area contributed by atoms with Gasteiger partial charge in [-0.15, -0.1) is 0 Å². The van der Waals surface area contributed by atoms with Crippen LogP contribution in [0.4, 0.5) is 5.69 Å². The smallest absolute Gasteiger partial charge is 0.313 e. The maximum absolute atomic E-state index is 12.1. The molecule has 0 spiro atoms. The molecule has 0 atom stereocenters. The lowest BCUT2D eigenvalue weighted by Crippen LogP contribution is -2.40. The van der Waals surface area contributed by atoms with Crippen LogP contribution in [-0.2, 0) is 9.59 Å². The van der Waals surface area contributed by atoms with Gasteiger partial charge in [0, 0.05) is 23.8 Å². The molecule has 1 aliphatic rings. The molecular formula is C15H19ClN2O2. The number of anilines is 1. The summed E-state index contributed by atoms with van der Waals surface area (Å²) in [5.74, 6) is -1.04. The van der Waals surface area contributed by atoms with E-state index in [2.05, 4.69) is 5.32 Å². The largest absolute Gasteiger partial charge is 0.334 e. The third kappa shape index (κ3) is 3.51. The van der Waals surface area contributed by atoms with Crippen LogP contribution in [0.5, 0.6) is 0 Å². The second-order valence-corrected chi connectivity index (χ2v) is 5.48. The second kappa shape index (κ2) is 6.75. The van der Waals surface area contributed by atoms with Crippen molar-refractivity contribution in [1.82, 2.24) is 4.90 Å². The van der Waals surface area contributed by atoms with E-state index in [4.69, 9.17) is 11.6 Å². The molecule has 0 saturated carbocycles. The molecule has 108 valence electrons. The van der Waals surface area contributed by atoms with E-state index in [0.29, 0.717) is 23.8 Å². The van der Waals surface area contributed by atoms with Crippen LogP contribution in [0.1, 0.15) is 31.2 Å². The number of amides is 2. The molecule has 2 amide bonds. The summed E-state index contributed by atoms with van der Waals surface area (Å²) in [6, 6.07) is 5.25. The van der Waals surface area contributed by atoms with Gasteiger partial charge in [0.1, 0.15) is 0 Å². The zero-order chi connectivity index (χ0) is 14.5. The quantitative estimate of drug-likeness (QED) is 0.810. The molecule has 0 radical (unpaired) electrons. The highest BCUT2D eigenvalue weighted by molar-refractivity contribution is 6.40. The van der Waals surface area contributed by atoms with E-state index in [1.807, 2.05) is 6.92 Å². The zero-order valence-corrected chi connectivity index (χ0v) is 12.4. The predicted octanol–water partition coefficient (Wildman–Crippen LogP) is 2.99. The minimum Gasteiger partial charge on any atom is -0.334 e. The average molecular weight is 295 g/mol. The monoisotopic (exact) mass is 294 g/mol. The normalized spacial score (nSPS) is 15.6. The van der Waals surface area contributed by atoms with Crippen molar-refractivity contribution in [3.8, 4) is 0 Å². The molecular weight excluding hydrogens is 276 g/mol. The Hall–Kier alpha value is -1.55. The van der Waals surface area contributed by atoms with Crippen molar-refractivity contribution >= 4 is 29.1 Å². The number of likely N-dealkylation sites (tertiary alicyclic amines) is 1. The molecule has 1 N–H and O–H groups in total. The van der Waals surface area contributed by atoms with Gasteiger partial charge in [-0.1, -0.05) is 30.5 Å². The Morgan fingerprint density at radius 2 is 1.80 bits per heavy atom. The highest BCUT2D eigenvalue weighted by Crippen LogP contribution is 2.23. The molecule has 0 aliphatic carbocycles. The SMILES string of the molecule is Cc1c(Cl)cccc1NC(=O)C(=O)N1CCCCCC1. The van der Waals surface area contributed by atoms with Crippen LogP contribution < -0.4 is 5.32 Å². The van der Waals surface area contributed by atoms with Crippen LogP contribution in [0, 0.1) is 6.92 Å². The van der Waals surface area contributed by atoms with Gasteiger partial charge in [0.05, 0.1) is 0 Å². The summed E-state index contributed by atoms with van der Waals surface area (Å²) in [7, 11) is 0. The second-order valence-electron chi connectivity index (χ2n) is 5.07. The van der Waals surface area contributed by atoms with Gasteiger partial charge in [-0.2, -0.15) is 0 Å². The molecule has 0 aromatic heterocycles. The Balaban J connectivity index is 2.03. The van der Waals surface area contributed by atoms with Crippen molar-refractivity contribution in [2.75, 3.05) is 18.4 Å². The minimum absolute atomic E-state index is 0.453. The van der Waals surface area contributed by atoms with Crippen LogP contribution in [0.3, 0.4) is 0 Å². The molecule has 5 heteroatoms. The molecule has 0 bridgehead atoms. The topological polar surface area (TPSA) is 49.4 Å². The summed E-state index contributed by atoms with van der Waals surface area (Å²) in [6.45, 7) is 3.15. The first-order chi connectivity index (χ1) is 9.59. The van der Waals surface area contributed by atoms with Crippen LogP contribution in [0.2, 0.25) is 5.02 Å². The molecule has 1 aliphatic heterocycles. The summed E-state index contributed by atoms with van der Waals surface area (Å²) in [5, 5.41) is 3.23. The summed E-state index contributed by atoms with van der Waals surface area (Å²) >= 11 is 6.00. The van der Waals surface area contributed by atoms with Gasteiger partial charge in [0.25, 0.3) is 0 Å². The number of halogens is 1. The molecule has 1 fully saturated rings. The number of hydrogen-bond donors (Lipinski definition) is 1. The van der Waals surface area contributed by atoms with Crippen LogP contribution in [0.25, 0.3) is 0 Å². The van der Waals surface area contributed by atoms with Gasteiger partial charge < -0.3 is 10.2 Å². The van der Waals surface area contributed by atoms with Gasteiger partial charge in [0.2, 0.25) is 0 Å². The lowest BCUT2D eigenvalue weighted by molar-refractivity contribution is -0.143. The number of nitrogens with one attached hydrogen (secondary N) is 1. The van der Waals surface area contributed by atoms with Crippen LogP contribution in [-0.4, -0.2) is 29.8 Å². The van der Waals surface area contributed by atoms with Crippen molar-refractivity contribution < 1.29 is 9.59 Å². The van der Waals surface area contributed by atoms with Crippen LogP contribution in [0.15, 0.2) is 18.2 Å². The third-order valence-electron chi connectivity index (χ3n) is 3.60. The summed E-state index contributed by atoms with van der Waals surface area (Å²) in [4.78, 5) is 25.8. The number of nitrogens with zero attached hydrogens (tertiary/aromatic N) is 1. The molecule has 1 heterocycles. The number of benzene rings is 1. The highest BCUT2D eigenvalue weighted by atomic mass is 35.5. The summed E-state index contributed by atoms with van der Waals surface area (Å²) in [6.07, 6.45) is 4.18. The fraction of sp³-hybridized carbons (Fsp3) is 0.467. The molecule has 2 rings (SSSR count). The number of carbonyl (C=O) groups is 2. The van der Waals surface area contributed by atoms with E-state index in [1.54, 1.807) is 23.1 Å². The van der Waals surface area contributed by atoms with Crippen molar-refractivity contribution in [2.45, 2.75) is 32.6 Å². The van der Waals surface area contributed by atoms with Gasteiger partial charge in [-0.3, -0.25) is 9.59 Å². The highest BCUT2D eigenvalue weighted by Gasteiger charge is 2.23. The molecule has 0 unspecified atom stereocenters. The minimum atomic E-state index is -0.586. The lowest BCUT2D eigenvalue weighted by atomic mass is 10.2. The first kappa shape index (κ1) is 14.9. The number of hydrogen-bond acceptors (Lipinski definition) is 2. The van der Waals surface area contributed by atoms with Crippen molar-refractivity contribution in [3.05, 3.63) is 28.8 Å². The van der Waals surface area contributed by atoms with Crippen molar-refractivity contribution in [3.63, 3.8) is 0 Å². The van der Waals surface area contributed by atoms with E-state index < -0.39 is 11.8 Å². The fourth-order valence-corrected chi connectivity index (χ4v) is 2.51. The molecule has 20 heavy (non-hydrogen) atoms. The Labute approximate surface area is 124 Å². The van der Waals surface area contributed by atoms with E-state index >= 15 is 0 Å². The van der Waals surface area contributed by atoms with Gasteiger partial charge in [-0.25, -0.2) is 0 Å². The standard InChI is InChI=1S/C15H19ClN2O2/c1-11-12(16)7-6-8-13(11)17-14(19)15(20)18-9-4-2-3-5-10-18/h6-8H,2-5,9-10H2,1H3,(H,17,19). The molecule has 4 nitrogen and oxygen atoms in total. The van der Waals surface area contributed by atoms with Crippen LogP contribution >= 0.6 is 11.6 Å². The van der Waals surface area contributed by atoms with E-state index in [1.165, 1.54) is 0 Å². The van der Waals surface area contributed by atoms with Gasteiger partial charge in [-0.05, 0) is 37.5 Å². The van der Waals surface area contributed by atoms with Crippen molar-refractivity contribution in [1.29, 1.82) is 0 Å². The molecule has 1 aromatic rings. The summed E-state index contributed by atoms with van der Waals surface area (Å²) < 4.78 is 0. The van der Waals surface area contributed by atoms with E-state index in [-0.39, 0.29) is 0 Å². The Morgan fingerprint density at radius 3 is 2.45 bits per heavy atom. The maximum atomic E-state index is 12.1. The molecule has 1 aromatic carbocycles. The first-order valence-corrected chi connectivity index (χ1v) is 7.33. The van der Waals surface area contributed by atoms with Gasteiger partial charge >= 0.3 is 11.8 Å². The predicted molar refractivity (Wildman–Crippen MR) is 79.9 cm³/mol. The van der Waals surface area contributed by atoms with Gasteiger partial charge in [0.15, 0.2) is 0 Å². The summed E-state index contributed by atoms with van der Waals surface area (Å²) in [5.41, 5.74) is 1.36.